The second-order valence-electron chi connectivity index (χ2n) is 7.06. The van der Waals surface area contributed by atoms with Gasteiger partial charge in [0.2, 0.25) is 0 Å². The molecule has 10 heteroatoms. The van der Waals surface area contributed by atoms with Gasteiger partial charge >= 0.3 is 10.4 Å². The third-order valence-corrected chi connectivity index (χ3v) is 6.19. The summed E-state index contributed by atoms with van der Waals surface area (Å²) in [6, 6.07) is 7.96. The van der Waals surface area contributed by atoms with Crippen LogP contribution in [0.15, 0.2) is 36.9 Å². The van der Waals surface area contributed by atoms with Gasteiger partial charge in [0.1, 0.15) is 18.5 Å². The Hall–Kier alpha value is -1.06. The van der Waals surface area contributed by atoms with Crippen molar-refractivity contribution in [1.29, 1.82) is 0 Å². The molecule has 8 nitrogen and oxygen atoms in total. The largest absolute Gasteiger partial charge is 0.491 e. The van der Waals surface area contributed by atoms with E-state index in [1.807, 2.05) is 12.1 Å². The van der Waals surface area contributed by atoms with Crippen molar-refractivity contribution in [2.75, 3.05) is 19.8 Å². The highest BCUT2D eigenvalue weighted by Crippen LogP contribution is 2.22. The summed E-state index contributed by atoms with van der Waals surface area (Å²) < 4.78 is 46.9. The van der Waals surface area contributed by atoms with Crippen LogP contribution in [0.3, 0.4) is 0 Å². The third-order valence-electron chi connectivity index (χ3n) is 4.44. The monoisotopic (exact) mass is 477 g/mol. The molecule has 2 unspecified atom stereocenters. The number of hydrogen-bond acceptors (Lipinski definition) is 8. The Balaban J connectivity index is 2.37. The standard InChI is InChI=1S/C21H36NO7PS/c1-3-5-6-7-8-9-10-11-19-12-14-20(15-13-19)26-18-21(17-25-16-4-2)27-30-29-31(23,24)28-22/h4,12-15,21,30H,2-3,5-11,16-18,22H2,1H3. The molecule has 0 fully saturated rings. The molecule has 1 aromatic carbocycles. The Morgan fingerprint density at radius 3 is 2.39 bits per heavy atom. The third kappa shape index (κ3) is 14.6. The van der Waals surface area contributed by atoms with Gasteiger partial charge in [-0.1, -0.05) is 63.7 Å². The van der Waals surface area contributed by atoms with Gasteiger partial charge in [-0.25, -0.2) is 0 Å². The van der Waals surface area contributed by atoms with E-state index in [4.69, 9.17) is 14.0 Å². The number of rotatable bonds is 20. The van der Waals surface area contributed by atoms with E-state index in [1.165, 1.54) is 50.5 Å². The van der Waals surface area contributed by atoms with Gasteiger partial charge in [0.15, 0.2) is 9.03 Å². The van der Waals surface area contributed by atoms with Gasteiger partial charge in [0, 0.05) is 0 Å². The highest BCUT2D eigenvalue weighted by Gasteiger charge is 2.15. The molecule has 0 aliphatic heterocycles. The van der Waals surface area contributed by atoms with E-state index < -0.39 is 25.5 Å². The van der Waals surface area contributed by atoms with Crippen LogP contribution in [0.4, 0.5) is 0 Å². The van der Waals surface area contributed by atoms with Crippen LogP contribution in [-0.2, 0) is 34.3 Å². The molecule has 0 spiro atoms. The molecule has 0 aromatic heterocycles. The van der Waals surface area contributed by atoms with Gasteiger partial charge < -0.3 is 14.0 Å². The van der Waals surface area contributed by atoms with Crippen LogP contribution in [0.25, 0.3) is 0 Å². The van der Waals surface area contributed by atoms with Crippen molar-refractivity contribution >= 4 is 19.4 Å². The summed E-state index contributed by atoms with van der Waals surface area (Å²) in [6.07, 6.45) is 11.2. The number of benzene rings is 1. The molecule has 0 aliphatic carbocycles. The lowest BCUT2D eigenvalue weighted by Gasteiger charge is -2.17. The molecular weight excluding hydrogens is 441 g/mol. The maximum absolute atomic E-state index is 11.1. The van der Waals surface area contributed by atoms with E-state index in [0.29, 0.717) is 12.4 Å². The fourth-order valence-corrected chi connectivity index (χ4v) is 3.70. The van der Waals surface area contributed by atoms with Crippen LogP contribution >= 0.6 is 9.03 Å². The Morgan fingerprint density at radius 2 is 1.74 bits per heavy atom. The zero-order valence-electron chi connectivity index (χ0n) is 18.3. The van der Waals surface area contributed by atoms with Crippen molar-refractivity contribution in [3.8, 4) is 5.75 Å². The molecule has 0 bridgehead atoms. The van der Waals surface area contributed by atoms with Crippen molar-refractivity contribution in [3.63, 3.8) is 0 Å². The Kier molecular flexibility index (Phi) is 15.8. The SMILES string of the molecule is C=CCOCC(COc1ccc(CCCCCCCCC)cc1)OPOS(=O)(=O)ON. The summed E-state index contributed by atoms with van der Waals surface area (Å²) >= 11 is 0. The topological polar surface area (TPSA) is 106 Å². The van der Waals surface area contributed by atoms with Gasteiger partial charge in [-0.2, -0.15) is 22.6 Å². The zero-order chi connectivity index (χ0) is 22.8. The van der Waals surface area contributed by atoms with E-state index in [2.05, 4.69) is 39.8 Å². The molecule has 0 saturated carbocycles. The molecule has 31 heavy (non-hydrogen) atoms. The molecule has 178 valence electrons. The molecular formula is C21H36NO7PS. The molecule has 2 N–H and O–H groups in total. The van der Waals surface area contributed by atoms with Crippen molar-refractivity contribution in [2.45, 2.75) is 64.4 Å². The van der Waals surface area contributed by atoms with Gasteiger partial charge in [-0.15, -0.1) is 6.58 Å². The molecule has 0 aliphatic rings. The summed E-state index contributed by atoms with van der Waals surface area (Å²) in [7, 11) is -5.09. The van der Waals surface area contributed by atoms with Gasteiger partial charge in [0.05, 0.1) is 13.2 Å². The van der Waals surface area contributed by atoms with Crippen LogP contribution in [0.5, 0.6) is 5.75 Å². The van der Waals surface area contributed by atoms with E-state index >= 15 is 0 Å². The van der Waals surface area contributed by atoms with E-state index in [-0.39, 0.29) is 13.2 Å². The lowest BCUT2D eigenvalue weighted by molar-refractivity contribution is 0.0405. The Labute approximate surface area is 188 Å². The van der Waals surface area contributed by atoms with Crippen LogP contribution in [0.1, 0.15) is 57.4 Å². The highest BCUT2D eigenvalue weighted by atomic mass is 32.3. The van der Waals surface area contributed by atoms with Crippen molar-refractivity contribution in [1.82, 2.24) is 0 Å². The second-order valence-corrected chi connectivity index (χ2v) is 9.14. The Morgan fingerprint density at radius 1 is 1.06 bits per heavy atom. The second kappa shape index (κ2) is 17.5. The average Bonchev–Trinajstić information content (AvgIpc) is 2.77. The van der Waals surface area contributed by atoms with Crippen molar-refractivity contribution < 1.29 is 30.7 Å². The number of nitrogens with two attached hydrogens (primary N) is 1. The fraction of sp³-hybridized carbons (Fsp3) is 0.619. The summed E-state index contributed by atoms with van der Waals surface area (Å²) in [5, 5.41) is 0. The number of aryl methyl sites for hydroxylation is 1. The van der Waals surface area contributed by atoms with E-state index in [0.717, 1.165) is 6.42 Å². The minimum Gasteiger partial charge on any atom is -0.491 e. The minimum absolute atomic E-state index is 0.161. The predicted octanol–water partition coefficient (Wildman–Crippen LogP) is 4.61. The van der Waals surface area contributed by atoms with Gasteiger partial charge in [0.25, 0.3) is 0 Å². The van der Waals surface area contributed by atoms with Crippen molar-refractivity contribution in [3.05, 3.63) is 42.5 Å². The van der Waals surface area contributed by atoms with E-state index in [1.54, 1.807) is 6.08 Å². The van der Waals surface area contributed by atoms with Crippen molar-refractivity contribution in [2.24, 2.45) is 5.90 Å². The van der Waals surface area contributed by atoms with Crippen LogP contribution in [0.2, 0.25) is 0 Å². The summed E-state index contributed by atoms with van der Waals surface area (Å²) in [5.41, 5.74) is 1.28. The first-order valence-electron chi connectivity index (χ1n) is 10.6. The fourth-order valence-electron chi connectivity index (χ4n) is 2.78. The number of unbranched alkanes of at least 4 members (excludes halogenated alkanes) is 6. The normalized spacial score (nSPS) is 13.0. The molecule has 1 rings (SSSR count). The van der Waals surface area contributed by atoms with Gasteiger partial charge in [-0.3, -0.25) is 0 Å². The first-order chi connectivity index (χ1) is 15.0. The van der Waals surface area contributed by atoms with Crippen LogP contribution in [-0.4, -0.2) is 34.3 Å². The molecule has 0 amide bonds. The summed E-state index contributed by atoms with van der Waals surface area (Å²) in [4.78, 5) is 0. The minimum atomic E-state index is -4.26. The van der Waals surface area contributed by atoms with Crippen LogP contribution < -0.4 is 10.6 Å². The number of hydrogen-bond donors (Lipinski definition) is 1. The van der Waals surface area contributed by atoms with E-state index in [9.17, 15) is 8.42 Å². The quantitative estimate of drug-likeness (QED) is 0.126. The molecule has 2 atom stereocenters. The lowest BCUT2D eigenvalue weighted by Crippen LogP contribution is -2.25. The molecule has 0 saturated heterocycles. The summed E-state index contributed by atoms with van der Waals surface area (Å²) in [5.74, 6) is 5.30. The summed E-state index contributed by atoms with van der Waals surface area (Å²) in [6.45, 7) is 6.49. The molecule has 0 radical (unpaired) electrons. The Bertz CT molecular complexity index is 685. The highest BCUT2D eigenvalue weighted by molar-refractivity contribution is 7.84. The van der Waals surface area contributed by atoms with Gasteiger partial charge in [-0.05, 0) is 30.5 Å². The zero-order valence-corrected chi connectivity index (χ0v) is 20.1. The number of ether oxygens (including phenoxy) is 2. The first-order valence-corrected chi connectivity index (χ1v) is 12.8. The maximum Gasteiger partial charge on any atom is 0.420 e. The first kappa shape index (κ1) is 28.0. The molecule has 1 aromatic rings. The maximum atomic E-state index is 11.1. The predicted molar refractivity (Wildman–Crippen MR) is 123 cm³/mol. The average molecular weight is 478 g/mol. The van der Waals surface area contributed by atoms with Crippen LogP contribution in [0, 0.1) is 0 Å². The smallest absolute Gasteiger partial charge is 0.420 e. The lowest BCUT2D eigenvalue weighted by atomic mass is 10.0. The molecule has 0 heterocycles.